The van der Waals surface area contributed by atoms with E-state index in [1.54, 1.807) is 13.3 Å². The van der Waals surface area contributed by atoms with Gasteiger partial charge in [-0.1, -0.05) is 0 Å². The Labute approximate surface area is 111 Å². The summed E-state index contributed by atoms with van der Waals surface area (Å²) in [5.74, 6) is 1.14. The van der Waals surface area contributed by atoms with Gasteiger partial charge < -0.3 is 15.0 Å². The Hall–Kier alpha value is -0.880. The first-order valence-electron chi connectivity index (χ1n) is 5.50. The molecule has 1 heterocycles. The summed E-state index contributed by atoms with van der Waals surface area (Å²) < 4.78 is 5.88. The molecule has 0 spiro atoms. The number of anilines is 1. The van der Waals surface area contributed by atoms with Gasteiger partial charge in [0.1, 0.15) is 0 Å². The molecule has 1 atom stereocenters. The molecule has 0 aliphatic carbocycles. The standard InChI is InChI=1S/C11H19BrN4O/c1-8(5-6-16(2)3)14-11-13-7-9(12)10(15-11)17-4/h7-8H,5-6H2,1-4H3,(H,13,14,15). The van der Waals surface area contributed by atoms with E-state index in [0.29, 0.717) is 17.9 Å². The molecular formula is C11H19BrN4O. The van der Waals surface area contributed by atoms with Crippen LogP contribution in [0.2, 0.25) is 0 Å². The van der Waals surface area contributed by atoms with Crippen molar-refractivity contribution in [2.75, 3.05) is 33.1 Å². The lowest BCUT2D eigenvalue weighted by molar-refractivity contribution is 0.388. The van der Waals surface area contributed by atoms with Gasteiger partial charge in [-0.2, -0.15) is 4.98 Å². The summed E-state index contributed by atoms with van der Waals surface area (Å²) in [5, 5.41) is 3.25. The second kappa shape index (κ2) is 6.76. The number of aromatic nitrogens is 2. The van der Waals surface area contributed by atoms with Crippen LogP contribution in [0.15, 0.2) is 10.7 Å². The molecule has 0 fully saturated rings. The van der Waals surface area contributed by atoms with Crippen molar-refractivity contribution in [1.29, 1.82) is 0 Å². The van der Waals surface area contributed by atoms with Crippen molar-refractivity contribution in [2.45, 2.75) is 19.4 Å². The van der Waals surface area contributed by atoms with Gasteiger partial charge in [-0.25, -0.2) is 4.98 Å². The molecule has 0 saturated carbocycles. The van der Waals surface area contributed by atoms with Crippen molar-refractivity contribution in [3.63, 3.8) is 0 Å². The van der Waals surface area contributed by atoms with Gasteiger partial charge in [0.25, 0.3) is 0 Å². The molecular weight excluding hydrogens is 284 g/mol. The molecule has 17 heavy (non-hydrogen) atoms. The first-order valence-corrected chi connectivity index (χ1v) is 6.30. The van der Waals surface area contributed by atoms with E-state index in [9.17, 15) is 0 Å². The molecule has 0 aliphatic heterocycles. The quantitative estimate of drug-likeness (QED) is 0.871. The zero-order valence-corrected chi connectivity index (χ0v) is 12.3. The summed E-state index contributed by atoms with van der Waals surface area (Å²) in [7, 11) is 5.71. The molecule has 0 amide bonds. The maximum Gasteiger partial charge on any atom is 0.232 e. The first-order chi connectivity index (χ1) is 8.02. The van der Waals surface area contributed by atoms with Crippen LogP contribution >= 0.6 is 15.9 Å². The van der Waals surface area contributed by atoms with Crippen LogP contribution in [0.25, 0.3) is 0 Å². The number of hydrogen-bond donors (Lipinski definition) is 1. The van der Waals surface area contributed by atoms with Gasteiger partial charge in [0.05, 0.1) is 17.8 Å². The molecule has 0 bridgehead atoms. The molecule has 1 N–H and O–H groups in total. The third-order valence-electron chi connectivity index (χ3n) is 2.29. The molecule has 0 radical (unpaired) electrons. The van der Waals surface area contributed by atoms with E-state index < -0.39 is 0 Å². The number of ether oxygens (including phenoxy) is 1. The second-order valence-electron chi connectivity index (χ2n) is 4.19. The number of nitrogens with zero attached hydrogens (tertiary/aromatic N) is 3. The van der Waals surface area contributed by atoms with E-state index >= 15 is 0 Å². The number of halogens is 1. The highest BCUT2D eigenvalue weighted by Gasteiger charge is 2.08. The summed E-state index contributed by atoms with van der Waals surface area (Å²) >= 11 is 3.32. The zero-order valence-electron chi connectivity index (χ0n) is 10.7. The van der Waals surface area contributed by atoms with Crippen LogP contribution in [0.5, 0.6) is 5.88 Å². The molecule has 1 unspecified atom stereocenters. The Balaban J connectivity index is 2.56. The van der Waals surface area contributed by atoms with Gasteiger partial charge in [-0.15, -0.1) is 0 Å². The fourth-order valence-corrected chi connectivity index (χ4v) is 1.66. The van der Waals surface area contributed by atoms with Crippen molar-refractivity contribution in [2.24, 2.45) is 0 Å². The van der Waals surface area contributed by atoms with E-state index in [2.05, 4.69) is 57.1 Å². The predicted octanol–water partition coefficient (Wildman–Crippen LogP) is 2.00. The minimum absolute atomic E-state index is 0.322. The largest absolute Gasteiger partial charge is 0.480 e. The molecule has 5 nitrogen and oxygen atoms in total. The van der Waals surface area contributed by atoms with E-state index in [1.807, 2.05) is 0 Å². The van der Waals surface area contributed by atoms with Crippen LogP contribution in [0.4, 0.5) is 5.95 Å². The third-order valence-corrected chi connectivity index (χ3v) is 2.83. The lowest BCUT2D eigenvalue weighted by Gasteiger charge is -2.16. The highest BCUT2D eigenvalue weighted by atomic mass is 79.9. The number of methoxy groups -OCH3 is 1. The van der Waals surface area contributed by atoms with Gasteiger partial charge >= 0.3 is 0 Å². The molecule has 6 heteroatoms. The van der Waals surface area contributed by atoms with E-state index in [0.717, 1.165) is 17.4 Å². The monoisotopic (exact) mass is 302 g/mol. The molecule has 0 aromatic carbocycles. The maximum atomic E-state index is 5.12. The van der Waals surface area contributed by atoms with Crippen LogP contribution in [0.3, 0.4) is 0 Å². The van der Waals surface area contributed by atoms with Crippen molar-refractivity contribution >= 4 is 21.9 Å². The van der Waals surface area contributed by atoms with Gasteiger partial charge in [0.2, 0.25) is 11.8 Å². The lowest BCUT2D eigenvalue weighted by Crippen LogP contribution is -2.23. The maximum absolute atomic E-state index is 5.12. The molecule has 1 aromatic heterocycles. The van der Waals surface area contributed by atoms with Crippen LogP contribution < -0.4 is 10.1 Å². The Kier molecular flexibility index (Phi) is 5.64. The van der Waals surface area contributed by atoms with Gasteiger partial charge in [0, 0.05) is 6.04 Å². The van der Waals surface area contributed by atoms with Crippen LogP contribution in [-0.2, 0) is 0 Å². The van der Waals surface area contributed by atoms with Gasteiger partial charge in [0.15, 0.2) is 0 Å². The van der Waals surface area contributed by atoms with Crippen LogP contribution in [0, 0.1) is 0 Å². The minimum Gasteiger partial charge on any atom is -0.480 e. The highest BCUT2D eigenvalue weighted by molar-refractivity contribution is 9.10. The highest BCUT2D eigenvalue weighted by Crippen LogP contribution is 2.22. The molecule has 1 rings (SSSR count). The molecule has 0 saturated heterocycles. The van der Waals surface area contributed by atoms with Crippen molar-refractivity contribution in [3.8, 4) is 5.88 Å². The normalized spacial score (nSPS) is 12.6. The van der Waals surface area contributed by atoms with E-state index in [4.69, 9.17) is 4.74 Å². The summed E-state index contributed by atoms with van der Waals surface area (Å²) in [5.41, 5.74) is 0. The molecule has 96 valence electrons. The number of nitrogens with one attached hydrogen (secondary N) is 1. The Morgan fingerprint density at radius 2 is 2.24 bits per heavy atom. The summed E-state index contributed by atoms with van der Waals surface area (Å²) in [6, 6.07) is 0.322. The third kappa shape index (κ3) is 4.87. The zero-order chi connectivity index (χ0) is 12.8. The second-order valence-corrected chi connectivity index (χ2v) is 5.04. The topological polar surface area (TPSA) is 50.3 Å². The summed E-state index contributed by atoms with van der Waals surface area (Å²) in [4.78, 5) is 10.6. The average Bonchev–Trinajstić information content (AvgIpc) is 2.29. The van der Waals surface area contributed by atoms with Crippen LogP contribution in [0.1, 0.15) is 13.3 Å². The van der Waals surface area contributed by atoms with Crippen molar-refractivity contribution in [1.82, 2.24) is 14.9 Å². The van der Waals surface area contributed by atoms with Gasteiger partial charge in [-0.3, -0.25) is 0 Å². The minimum atomic E-state index is 0.322. The smallest absolute Gasteiger partial charge is 0.232 e. The SMILES string of the molecule is COc1nc(NC(C)CCN(C)C)ncc1Br. The Morgan fingerprint density at radius 3 is 2.82 bits per heavy atom. The van der Waals surface area contributed by atoms with Crippen molar-refractivity contribution < 1.29 is 4.74 Å². The fraction of sp³-hybridized carbons (Fsp3) is 0.636. The Morgan fingerprint density at radius 1 is 1.53 bits per heavy atom. The molecule has 0 aliphatic rings. The van der Waals surface area contributed by atoms with Gasteiger partial charge in [-0.05, 0) is 49.9 Å². The van der Waals surface area contributed by atoms with Crippen molar-refractivity contribution in [3.05, 3.63) is 10.7 Å². The first kappa shape index (κ1) is 14.2. The predicted molar refractivity (Wildman–Crippen MR) is 72.5 cm³/mol. The number of rotatable bonds is 6. The number of hydrogen-bond acceptors (Lipinski definition) is 5. The van der Waals surface area contributed by atoms with E-state index in [1.165, 1.54) is 0 Å². The van der Waals surface area contributed by atoms with E-state index in [-0.39, 0.29) is 0 Å². The fourth-order valence-electron chi connectivity index (χ4n) is 1.31. The Bertz CT molecular complexity index is 359. The summed E-state index contributed by atoms with van der Waals surface area (Å²) in [6.45, 7) is 3.14. The lowest BCUT2D eigenvalue weighted by atomic mass is 10.2. The van der Waals surface area contributed by atoms with Crippen LogP contribution in [-0.4, -0.2) is 48.7 Å². The molecule has 1 aromatic rings. The average molecular weight is 303 g/mol. The summed E-state index contributed by atoms with van der Waals surface area (Å²) in [6.07, 6.45) is 2.72.